The molecule has 2 aromatic rings. The maximum absolute atomic E-state index is 12.2. The molecule has 0 aliphatic heterocycles. The zero-order valence-electron chi connectivity index (χ0n) is 17.4. The van der Waals surface area contributed by atoms with Gasteiger partial charge < -0.3 is 22.1 Å². The average molecular weight is 433 g/mol. The van der Waals surface area contributed by atoms with E-state index in [0.29, 0.717) is 29.8 Å². The maximum Gasteiger partial charge on any atom is 0.283 e. The second-order valence-corrected chi connectivity index (χ2v) is 6.80. The topological polar surface area (TPSA) is 160 Å². The summed E-state index contributed by atoms with van der Waals surface area (Å²) in [7, 11) is 0. The van der Waals surface area contributed by atoms with Crippen LogP contribution in [-0.4, -0.2) is 41.7 Å². The highest BCUT2D eigenvalue weighted by Crippen LogP contribution is 2.06. The molecule has 2 aromatic carbocycles. The summed E-state index contributed by atoms with van der Waals surface area (Å²) in [6.07, 6.45) is 0. The number of carbonyl (C=O) groups excluding carboxylic acids is 3. The minimum atomic E-state index is -1.77. The van der Waals surface area contributed by atoms with Crippen molar-refractivity contribution in [2.75, 3.05) is 13.1 Å². The molecule has 0 aromatic heterocycles. The van der Waals surface area contributed by atoms with E-state index >= 15 is 0 Å². The number of nitrogens with two attached hydrogens (primary N) is 2. The van der Waals surface area contributed by atoms with Crippen molar-refractivity contribution in [1.29, 1.82) is 0 Å². The largest absolute Gasteiger partial charge is 0.351 e. The number of benzene rings is 2. The highest BCUT2D eigenvalue weighted by atomic mass is 16.5. The molecule has 0 radical (unpaired) electrons. The van der Waals surface area contributed by atoms with Crippen LogP contribution < -0.4 is 27.6 Å². The average Bonchev–Trinajstić information content (AvgIpc) is 2.80. The van der Waals surface area contributed by atoms with Crippen LogP contribution in [0.25, 0.3) is 0 Å². The molecule has 0 fully saturated rings. The molecule has 164 valence electrons. The van der Waals surface area contributed by atoms with Gasteiger partial charge in [-0.2, -0.15) is 0 Å². The first-order chi connectivity index (χ1) is 15.3. The summed E-state index contributed by atoms with van der Waals surface area (Å²) in [5, 5.41) is 13.6. The Kier molecular flexibility index (Phi) is 8.52. The molecule has 0 saturated carbocycles. The molecule has 0 spiro atoms. The van der Waals surface area contributed by atoms with Gasteiger partial charge in [-0.1, -0.05) is 11.8 Å². The molecule has 0 aliphatic carbocycles. The van der Waals surface area contributed by atoms with Crippen molar-refractivity contribution >= 4 is 17.7 Å². The van der Waals surface area contributed by atoms with Gasteiger partial charge >= 0.3 is 0 Å². The third kappa shape index (κ3) is 6.97. The lowest BCUT2D eigenvalue weighted by atomic mass is 10.1. The predicted molar refractivity (Wildman–Crippen MR) is 118 cm³/mol. The van der Waals surface area contributed by atoms with E-state index in [-0.39, 0.29) is 11.5 Å². The second-order valence-electron chi connectivity index (χ2n) is 6.80. The molecule has 0 heterocycles. The molecular weight excluding hydrogens is 410 g/mol. The third-order valence-corrected chi connectivity index (χ3v) is 4.15. The summed E-state index contributed by atoms with van der Waals surface area (Å²) in [5.74, 6) is 9.46. The minimum Gasteiger partial charge on any atom is -0.351 e. The molecule has 9 nitrogen and oxygen atoms in total. The molecule has 0 bridgehead atoms. The van der Waals surface area contributed by atoms with Gasteiger partial charge in [-0.05, 0) is 67.3 Å². The molecule has 0 saturated heterocycles. The van der Waals surface area contributed by atoms with Crippen molar-refractivity contribution in [1.82, 2.24) is 16.1 Å². The van der Waals surface area contributed by atoms with Crippen molar-refractivity contribution < 1.29 is 19.6 Å². The van der Waals surface area contributed by atoms with E-state index in [9.17, 15) is 14.4 Å². The Labute approximate surface area is 185 Å². The summed E-state index contributed by atoms with van der Waals surface area (Å²) < 4.78 is 0. The maximum atomic E-state index is 12.2. The number of carbonyl (C=O) groups is 3. The zero-order chi connectivity index (χ0) is 23.6. The quantitative estimate of drug-likeness (QED) is 0.159. The first-order valence-corrected chi connectivity index (χ1v) is 9.53. The van der Waals surface area contributed by atoms with E-state index < -0.39 is 17.5 Å². The number of amides is 3. The van der Waals surface area contributed by atoms with Crippen LogP contribution in [0.5, 0.6) is 0 Å². The van der Waals surface area contributed by atoms with Gasteiger partial charge in [-0.25, -0.2) is 5.48 Å². The van der Waals surface area contributed by atoms with E-state index in [4.69, 9.17) is 16.7 Å². The number of rotatable bonds is 6. The van der Waals surface area contributed by atoms with Crippen LogP contribution in [0.3, 0.4) is 0 Å². The fraction of sp³-hybridized carbons (Fsp3) is 0.174. The van der Waals surface area contributed by atoms with Gasteiger partial charge in [0, 0.05) is 35.3 Å². The highest BCUT2D eigenvalue weighted by Gasteiger charge is 2.30. The lowest BCUT2D eigenvalue weighted by Crippen LogP contribution is -2.62. The van der Waals surface area contributed by atoms with Crippen LogP contribution in [0.4, 0.5) is 0 Å². The van der Waals surface area contributed by atoms with Gasteiger partial charge in [0.2, 0.25) is 0 Å². The fourth-order valence-electron chi connectivity index (χ4n) is 2.39. The first kappa shape index (κ1) is 24.1. The van der Waals surface area contributed by atoms with E-state index in [1.165, 1.54) is 24.5 Å². The SMILES string of the molecule is CC(N)(NC(=O)c1ccc(C#CC#Cc2ccc(C(=O)NCCN)cc2)cc1)C(=O)NO. The predicted octanol–water partition coefficient (Wildman–Crippen LogP) is -0.312. The van der Waals surface area contributed by atoms with Gasteiger partial charge in [0.25, 0.3) is 17.7 Å². The monoisotopic (exact) mass is 433 g/mol. The fourth-order valence-corrected chi connectivity index (χ4v) is 2.39. The molecule has 1 unspecified atom stereocenters. The van der Waals surface area contributed by atoms with Gasteiger partial charge in [-0.3, -0.25) is 19.6 Å². The van der Waals surface area contributed by atoms with Crippen molar-refractivity contribution in [3.8, 4) is 23.7 Å². The molecule has 8 N–H and O–H groups in total. The summed E-state index contributed by atoms with van der Waals surface area (Å²) in [5.41, 5.74) is 12.7. The number of hydrogen-bond acceptors (Lipinski definition) is 6. The zero-order valence-corrected chi connectivity index (χ0v) is 17.4. The van der Waals surface area contributed by atoms with Gasteiger partial charge in [0.15, 0.2) is 5.66 Å². The summed E-state index contributed by atoms with van der Waals surface area (Å²) in [4.78, 5) is 35.4. The van der Waals surface area contributed by atoms with E-state index in [1.54, 1.807) is 36.4 Å². The van der Waals surface area contributed by atoms with Crippen molar-refractivity contribution in [3.05, 3.63) is 70.8 Å². The van der Waals surface area contributed by atoms with E-state index in [0.717, 1.165) is 0 Å². The minimum absolute atomic E-state index is 0.195. The third-order valence-electron chi connectivity index (χ3n) is 4.15. The van der Waals surface area contributed by atoms with Crippen LogP contribution in [0, 0.1) is 23.7 Å². The summed E-state index contributed by atoms with van der Waals surface area (Å²) in [6.45, 7) is 2.04. The Bertz CT molecular complexity index is 1100. The Morgan fingerprint density at radius 3 is 1.81 bits per heavy atom. The number of hydroxylamine groups is 1. The molecular formula is C23H23N5O4. The lowest BCUT2D eigenvalue weighted by molar-refractivity contribution is -0.135. The van der Waals surface area contributed by atoms with Crippen molar-refractivity contribution in [2.24, 2.45) is 11.5 Å². The standard InChI is InChI=1S/C23H23N5O4/c1-23(25,22(31)28-32)27-21(30)19-12-8-17(9-13-19)5-3-2-4-16-6-10-18(11-7-16)20(29)26-15-14-24/h6-13,32H,14-15,24-25H2,1H3,(H,26,29)(H,27,30)(H,28,31). The Hall–Kier alpha value is -4.15. The Morgan fingerprint density at radius 1 is 0.906 bits per heavy atom. The van der Waals surface area contributed by atoms with Gasteiger partial charge in [-0.15, -0.1) is 0 Å². The van der Waals surface area contributed by atoms with Crippen molar-refractivity contribution in [3.63, 3.8) is 0 Å². The van der Waals surface area contributed by atoms with Crippen LogP contribution in [-0.2, 0) is 4.79 Å². The normalized spacial score (nSPS) is 11.5. The van der Waals surface area contributed by atoms with Crippen LogP contribution in [0.2, 0.25) is 0 Å². The smallest absolute Gasteiger partial charge is 0.283 e. The Balaban J connectivity index is 1.98. The highest BCUT2D eigenvalue weighted by molar-refractivity contribution is 5.98. The van der Waals surface area contributed by atoms with Crippen molar-refractivity contribution in [2.45, 2.75) is 12.6 Å². The molecule has 2 rings (SSSR count). The lowest BCUT2D eigenvalue weighted by Gasteiger charge is -2.23. The van der Waals surface area contributed by atoms with E-state index in [2.05, 4.69) is 34.3 Å². The molecule has 9 heteroatoms. The van der Waals surface area contributed by atoms with Crippen LogP contribution in [0.15, 0.2) is 48.5 Å². The molecule has 3 amide bonds. The van der Waals surface area contributed by atoms with Crippen LogP contribution in [0.1, 0.15) is 38.8 Å². The molecule has 0 aliphatic rings. The second kappa shape index (κ2) is 11.3. The first-order valence-electron chi connectivity index (χ1n) is 9.53. The molecule has 1 atom stereocenters. The van der Waals surface area contributed by atoms with E-state index in [1.807, 2.05) is 0 Å². The van der Waals surface area contributed by atoms with Crippen LogP contribution >= 0.6 is 0 Å². The van der Waals surface area contributed by atoms with Gasteiger partial charge in [0.1, 0.15) is 0 Å². The van der Waals surface area contributed by atoms with Gasteiger partial charge in [0.05, 0.1) is 0 Å². The summed E-state index contributed by atoms with van der Waals surface area (Å²) >= 11 is 0. The molecule has 32 heavy (non-hydrogen) atoms. The number of hydrogen-bond donors (Lipinski definition) is 6. The summed E-state index contributed by atoms with van der Waals surface area (Å²) in [6, 6.07) is 13.1. The Morgan fingerprint density at radius 2 is 1.38 bits per heavy atom. The number of nitrogens with one attached hydrogen (secondary N) is 3.